The molecule has 2 aromatic rings. The zero-order valence-electron chi connectivity index (χ0n) is 12.2. The van der Waals surface area contributed by atoms with Gasteiger partial charge in [0.15, 0.2) is 5.82 Å². The highest BCUT2D eigenvalue weighted by molar-refractivity contribution is 5.85. The van der Waals surface area contributed by atoms with E-state index in [0.29, 0.717) is 24.3 Å². The molecule has 1 aliphatic carbocycles. The van der Waals surface area contributed by atoms with E-state index in [4.69, 9.17) is 10.3 Å². The highest BCUT2D eigenvalue weighted by atomic mass is 35.5. The Morgan fingerprint density at radius 2 is 1.91 bits per heavy atom. The number of anilines is 1. The maximum Gasteiger partial charge on any atom is 0.240 e. The minimum absolute atomic E-state index is 0. The fourth-order valence-electron chi connectivity index (χ4n) is 2.87. The van der Waals surface area contributed by atoms with Gasteiger partial charge in [0.05, 0.1) is 13.1 Å². The van der Waals surface area contributed by atoms with Gasteiger partial charge in [-0.1, -0.05) is 18.0 Å². The second kappa shape index (κ2) is 7.56. The van der Waals surface area contributed by atoms with Crippen molar-refractivity contribution in [2.24, 2.45) is 5.73 Å². The van der Waals surface area contributed by atoms with Crippen LogP contribution in [0.15, 0.2) is 28.8 Å². The largest absolute Gasteiger partial charge is 0.361 e. The number of hydrogen-bond acceptors (Lipinski definition) is 5. The molecule has 1 fully saturated rings. The Hall–Kier alpha value is -1.66. The molecule has 22 heavy (non-hydrogen) atoms. The summed E-state index contributed by atoms with van der Waals surface area (Å²) in [7, 11) is 0. The predicted molar refractivity (Wildman–Crippen MR) is 84.3 cm³/mol. The molecule has 5 nitrogen and oxygen atoms in total. The van der Waals surface area contributed by atoms with Crippen molar-refractivity contribution in [2.45, 2.75) is 44.8 Å². The molecule has 0 unspecified atom stereocenters. The number of nitrogens with zero attached hydrogens (tertiary/aromatic N) is 3. The number of benzene rings is 1. The third-order valence-corrected chi connectivity index (χ3v) is 3.92. The van der Waals surface area contributed by atoms with E-state index >= 15 is 0 Å². The van der Waals surface area contributed by atoms with E-state index < -0.39 is 0 Å². The van der Waals surface area contributed by atoms with Crippen molar-refractivity contribution in [2.75, 3.05) is 4.90 Å². The molecule has 0 spiro atoms. The van der Waals surface area contributed by atoms with Crippen molar-refractivity contribution >= 4 is 18.1 Å². The van der Waals surface area contributed by atoms with Gasteiger partial charge in [0, 0.05) is 11.7 Å². The van der Waals surface area contributed by atoms with E-state index in [0.717, 1.165) is 18.5 Å². The average Bonchev–Trinajstić information content (AvgIpc) is 3.17. The molecule has 7 heteroatoms. The van der Waals surface area contributed by atoms with Crippen molar-refractivity contribution in [1.82, 2.24) is 10.1 Å². The van der Waals surface area contributed by atoms with E-state index in [1.165, 1.54) is 25.0 Å². The van der Waals surface area contributed by atoms with Crippen molar-refractivity contribution in [1.29, 1.82) is 0 Å². The van der Waals surface area contributed by atoms with Crippen LogP contribution in [-0.2, 0) is 13.1 Å². The highest BCUT2D eigenvalue weighted by Crippen LogP contribution is 2.29. The van der Waals surface area contributed by atoms with Crippen LogP contribution in [0.2, 0.25) is 0 Å². The number of nitrogens with two attached hydrogens (primary N) is 1. The van der Waals surface area contributed by atoms with Gasteiger partial charge in [-0.3, -0.25) is 0 Å². The van der Waals surface area contributed by atoms with Crippen molar-refractivity contribution in [3.8, 4) is 0 Å². The van der Waals surface area contributed by atoms with Gasteiger partial charge in [0.1, 0.15) is 5.82 Å². The molecule has 1 aromatic heterocycles. The molecule has 2 N–H and O–H groups in total. The van der Waals surface area contributed by atoms with Gasteiger partial charge >= 0.3 is 0 Å². The van der Waals surface area contributed by atoms with E-state index in [1.54, 1.807) is 12.1 Å². The Bertz CT molecular complexity index is 583. The lowest BCUT2D eigenvalue weighted by molar-refractivity contribution is 0.373. The maximum atomic E-state index is 13.1. The summed E-state index contributed by atoms with van der Waals surface area (Å²) < 4.78 is 18.2. The second-order valence-corrected chi connectivity index (χ2v) is 5.35. The van der Waals surface area contributed by atoms with Crippen LogP contribution >= 0.6 is 12.4 Å². The predicted octanol–water partition coefficient (Wildman–Crippen LogP) is 3.04. The fraction of sp³-hybridized carbons (Fsp3) is 0.467. The summed E-state index contributed by atoms with van der Waals surface area (Å²) in [6.07, 6.45) is 4.73. The Labute approximate surface area is 135 Å². The van der Waals surface area contributed by atoms with Crippen LogP contribution in [0.5, 0.6) is 0 Å². The Morgan fingerprint density at radius 3 is 2.50 bits per heavy atom. The Kier molecular flexibility index (Phi) is 5.74. The molecule has 0 amide bonds. The molecule has 120 valence electrons. The molecular weight excluding hydrogens is 307 g/mol. The lowest BCUT2D eigenvalue weighted by Gasteiger charge is -2.30. The molecule has 3 rings (SSSR count). The van der Waals surface area contributed by atoms with Crippen LogP contribution in [-0.4, -0.2) is 16.2 Å². The molecule has 0 radical (unpaired) electrons. The monoisotopic (exact) mass is 326 g/mol. The van der Waals surface area contributed by atoms with Crippen molar-refractivity contribution in [3.63, 3.8) is 0 Å². The first-order valence-corrected chi connectivity index (χ1v) is 7.30. The number of hydrogen-bond donors (Lipinski definition) is 1. The van der Waals surface area contributed by atoms with E-state index in [2.05, 4.69) is 15.0 Å². The second-order valence-electron chi connectivity index (χ2n) is 5.35. The quantitative estimate of drug-likeness (QED) is 0.914. The van der Waals surface area contributed by atoms with Crippen molar-refractivity contribution < 1.29 is 8.91 Å². The van der Waals surface area contributed by atoms with E-state index in [9.17, 15) is 4.39 Å². The molecule has 0 aliphatic heterocycles. The molecule has 1 aliphatic rings. The summed E-state index contributed by atoms with van der Waals surface area (Å²) in [5, 5.41) is 3.96. The molecule has 0 atom stereocenters. The summed E-state index contributed by atoms with van der Waals surface area (Å²) in [6.45, 7) is 0.798. The van der Waals surface area contributed by atoms with Crippen LogP contribution in [0, 0.1) is 5.82 Å². The first-order valence-electron chi connectivity index (χ1n) is 7.30. The first-order chi connectivity index (χ1) is 10.3. The summed E-state index contributed by atoms with van der Waals surface area (Å²) in [6, 6.07) is 7.02. The van der Waals surface area contributed by atoms with E-state index in [-0.39, 0.29) is 24.8 Å². The highest BCUT2D eigenvalue weighted by Gasteiger charge is 2.24. The minimum atomic E-state index is -0.227. The molecule has 0 saturated heterocycles. The smallest absolute Gasteiger partial charge is 0.240 e. The van der Waals surface area contributed by atoms with Gasteiger partial charge in [-0.2, -0.15) is 4.98 Å². The topological polar surface area (TPSA) is 68.2 Å². The van der Waals surface area contributed by atoms with Gasteiger partial charge in [0.25, 0.3) is 0 Å². The molecule has 0 bridgehead atoms. The average molecular weight is 327 g/mol. The minimum Gasteiger partial charge on any atom is -0.361 e. The molecule has 1 heterocycles. The number of halogens is 2. The molecular formula is C15H20ClFN4O. The summed E-state index contributed by atoms with van der Waals surface area (Å²) in [4.78, 5) is 6.50. The maximum absolute atomic E-state index is 13.1. The normalized spacial score (nSPS) is 14.8. The van der Waals surface area contributed by atoms with E-state index in [1.807, 2.05) is 0 Å². The van der Waals surface area contributed by atoms with Gasteiger partial charge in [-0.25, -0.2) is 4.39 Å². The number of aromatic nitrogens is 2. The van der Waals surface area contributed by atoms with Crippen LogP contribution in [0.25, 0.3) is 0 Å². The lowest BCUT2D eigenvalue weighted by atomic mass is 10.1. The third kappa shape index (κ3) is 3.75. The summed E-state index contributed by atoms with van der Waals surface area (Å²) in [5.41, 5.74) is 6.48. The van der Waals surface area contributed by atoms with Gasteiger partial charge in [0.2, 0.25) is 5.89 Å². The van der Waals surface area contributed by atoms with Crippen LogP contribution in [0.1, 0.15) is 37.4 Å². The SMILES string of the molecule is Cl.NCc1nc(CN(c2ccc(F)cc2)C2CCCC2)no1. The Morgan fingerprint density at radius 1 is 1.23 bits per heavy atom. The van der Waals surface area contributed by atoms with Crippen molar-refractivity contribution in [3.05, 3.63) is 41.8 Å². The summed E-state index contributed by atoms with van der Waals surface area (Å²) >= 11 is 0. The van der Waals surface area contributed by atoms with Crippen LogP contribution < -0.4 is 10.6 Å². The van der Waals surface area contributed by atoms with Gasteiger partial charge in [-0.15, -0.1) is 12.4 Å². The summed E-state index contributed by atoms with van der Waals surface area (Å²) in [5.74, 6) is 0.831. The van der Waals surface area contributed by atoms with Gasteiger partial charge in [-0.05, 0) is 37.1 Å². The Balaban J connectivity index is 0.00000176. The molecule has 1 saturated carbocycles. The first kappa shape index (κ1) is 16.7. The zero-order chi connectivity index (χ0) is 14.7. The molecule has 1 aromatic carbocycles. The fourth-order valence-corrected chi connectivity index (χ4v) is 2.87. The lowest BCUT2D eigenvalue weighted by Crippen LogP contribution is -2.33. The van der Waals surface area contributed by atoms with Crippen LogP contribution in [0.3, 0.4) is 0 Å². The van der Waals surface area contributed by atoms with Gasteiger partial charge < -0.3 is 15.2 Å². The zero-order valence-corrected chi connectivity index (χ0v) is 13.1. The number of rotatable bonds is 5. The third-order valence-electron chi connectivity index (χ3n) is 3.92. The van der Waals surface area contributed by atoms with Crippen LogP contribution in [0.4, 0.5) is 10.1 Å². The standard InChI is InChI=1S/C15H19FN4O.ClH/c16-11-5-7-13(8-6-11)20(12-3-1-2-4-12)10-14-18-15(9-17)21-19-14;/h5-8,12H,1-4,9-10,17H2;1H.